The lowest BCUT2D eigenvalue weighted by molar-refractivity contribution is -0.152. The zero-order valence-electron chi connectivity index (χ0n) is 11.5. The van der Waals surface area contributed by atoms with Gasteiger partial charge in [0.15, 0.2) is 11.5 Å². The SMILES string of the molecule is COC(=O)C1CC(c2cc(OC)c(OC)cc2N)=NO1. The largest absolute Gasteiger partial charge is 0.493 e. The van der Waals surface area contributed by atoms with Gasteiger partial charge in [0.1, 0.15) is 0 Å². The molecule has 1 aromatic rings. The van der Waals surface area contributed by atoms with Crippen molar-refractivity contribution in [3.8, 4) is 11.5 Å². The predicted molar refractivity (Wildman–Crippen MR) is 72.0 cm³/mol. The lowest BCUT2D eigenvalue weighted by atomic mass is 10.0. The van der Waals surface area contributed by atoms with E-state index < -0.39 is 12.1 Å². The van der Waals surface area contributed by atoms with Crippen LogP contribution in [0.4, 0.5) is 5.69 Å². The number of esters is 1. The van der Waals surface area contributed by atoms with Crippen molar-refractivity contribution in [3.63, 3.8) is 0 Å². The van der Waals surface area contributed by atoms with Gasteiger partial charge in [-0.25, -0.2) is 4.79 Å². The summed E-state index contributed by atoms with van der Waals surface area (Å²) in [5, 5.41) is 3.89. The zero-order chi connectivity index (χ0) is 14.7. The summed E-state index contributed by atoms with van der Waals surface area (Å²) in [6.07, 6.45) is -0.436. The van der Waals surface area contributed by atoms with Crippen LogP contribution < -0.4 is 15.2 Å². The number of oxime groups is 1. The van der Waals surface area contributed by atoms with Crippen molar-refractivity contribution in [1.29, 1.82) is 0 Å². The molecule has 108 valence electrons. The van der Waals surface area contributed by atoms with Gasteiger partial charge in [-0.2, -0.15) is 0 Å². The van der Waals surface area contributed by atoms with Crippen LogP contribution in [0.3, 0.4) is 0 Å². The highest BCUT2D eigenvalue weighted by atomic mass is 16.7. The fourth-order valence-corrected chi connectivity index (χ4v) is 1.94. The van der Waals surface area contributed by atoms with E-state index in [4.69, 9.17) is 20.0 Å². The lowest BCUT2D eigenvalue weighted by Crippen LogP contribution is -2.22. The molecule has 7 nitrogen and oxygen atoms in total. The van der Waals surface area contributed by atoms with Crippen LogP contribution in [0.1, 0.15) is 12.0 Å². The van der Waals surface area contributed by atoms with Crippen LogP contribution in [0.25, 0.3) is 0 Å². The van der Waals surface area contributed by atoms with E-state index in [1.54, 1.807) is 12.1 Å². The Morgan fingerprint density at radius 2 is 1.95 bits per heavy atom. The quantitative estimate of drug-likeness (QED) is 0.652. The molecule has 0 amide bonds. The minimum absolute atomic E-state index is 0.298. The Bertz CT molecular complexity index is 556. The van der Waals surface area contributed by atoms with Crippen LogP contribution in [0.15, 0.2) is 17.3 Å². The third kappa shape index (κ3) is 2.47. The summed E-state index contributed by atoms with van der Waals surface area (Å²) in [5.41, 5.74) is 7.65. The molecule has 0 fully saturated rings. The lowest BCUT2D eigenvalue weighted by Gasteiger charge is -2.12. The smallest absolute Gasteiger partial charge is 0.350 e. The van der Waals surface area contributed by atoms with Crippen molar-refractivity contribution in [2.75, 3.05) is 27.1 Å². The average molecular weight is 280 g/mol. The minimum Gasteiger partial charge on any atom is -0.493 e. The Balaban J connectivity index is 2.28. The number of hydrogen-bond acceptors (Lipinski definition) is 7. The topological polar surface area (TPSA) is 92.4 Å². The van der Waals surface area contributed by atoms with E-state index in [9.17, 15) is 4.79 Å². The number of hydrogen-bond donors (Lipinski definition) is 1. The van der Waals surface area contributed by atoms with Crippen molar-refractivity contribution in [1.82, 2.24) is 0 Å². The third-order valence-electron chi connectivity index (χ3n) is 3.00. The first-order chi connectivity index (χ1) is 9.60. The number of carbonyl (C=O) groups excluding carboxylic acids is 1. The van der Waals surface area contributed by atoms with E-state index in [0.717, 1.165) is 0 Å². The van der Waals surface area contributed by atoms with Crippen LogP contribution in [-0.2, 0) is 14.4 Å². The number of nitrogens with two attached hydrogens (primary N) is 1. The van der Waals surface area contributed by atoms with Crippen molar-refractivity contribution in [2.45, 2.75) is 12.5 Å². The van der Waals surface area contributed by atoms with Crippen LogP contribution in [0, 0.1) is 0 Å². The van der Waals surface area contributed by atoms with Gasteiger partial charge in [0, 0.05) is 23.7 Å². The second-order valence-corrected chi connectivity index (χ2v) is 4.15. The van der Waals surface area contributed by atoms with E-state index in [0.29, 0.717) is 34.9 Å². The molecule has 1 aliphatic rings. The predicted octanol–water partition coefficient (Wildman–Crippen LogP) is 0.952. The normalized spacial score (nSPS) is 17.1. The maximum Gasteiger partial charge on any atom is 0.350 e. The van der Waals surface area contributed by atoms with Gasteiger partial charge in [-0.1, -0.05) is 5.16 Å². The summed E-state index contributed by atoms with van der Waals surface area (Å²) < 4.78 is 15.0. The molecule has 0 radical (unpaired) electrons. The molecule has 7 heteroatoms. The highest BCUT2D eigenvalue weighted by Crippen LogP contribution is 2.33. The number of benzene rings is 1. The van der Waals surface area contributed by atoms with Gasteiger partial charge < -0.3 is 24.8 Å². The second kappa shape index (κ2) is 5.68. The molecule has 0 aromatic heterocycles. The average Bonchev–Trinajstić information content (AvgIpc) is 2.95. The molecule has 0 saturated carbocycles. The molecule has 1 unspecified atom stereocenters. The van der Waals surface area contributed by atoms with Gasteiger partial charge in [-0.15, -0.1) is 0 Å². The maximum atomic E-state index is 11.4. The molecule has 20 heavy (non-hydrogen) atoms. The number of carbonyl (C=O) groups is 1. The molecule has 2 rings (SSSR count). The monoisotopic (exact) mass is 280 g/mol. The van der Waals surface area contributed by atoms with Crippen LogP contribution in [0.2, 0.25) is 0 Å². The van der Waals surface area contributed by atoms with Crippen molar-refractivity contribution < 1.29 is 23.8 Å². The minimum atomic E-state index is -0.734. The van der Waals surface area contributed by atoms with Gasteiger partial charge in [-0.3, -0.25) is 0 Å². The van der Waals surface area contributed by atoms with Crippen molar-refractivity contribution in [2.24, 2.45) is 5.16 Å². The molecule has 1 aromatic carbocycles. The summed E-state index contributed by atoms with van der Waals surface area (Å²) in [6, 6.07) is 3.35. The first-order valence-electron chi connectivity index (χ1n) is 5.93. The van der Waals surface area contributed by atoms with Crippen LogP contribution in [0.5, 0.6) is 11.5 Å². The van der Waals surface area contributed by atoms with E-state index >= 15 is 0 Å². The fourth-order valence-electron chi connectivity index (χ4n) is 1.94. The fraction of sp³-hybridized carbons (Fsp3) is 0.385. The molecule has 0 spiro atoms. The second-order valence-electron chi connectivity index (χ2n) is 4.15. The molecule has 1 atom stereocenters. The van der Waals surface area contributed by atoms with Gasteiger partial charge in [0.25, 0.3) is 0 Å². The zero-order valence-corrected chi connectivity index (χ0v) is 11.5. The summed E-state index contributed by atoms with van der Waals surface area (Å²) in [5.74, 6) is 0.585. The van der Waals surface area contributed by atoms with Crippen molar-refractivity contribution >= 4 is 17.4 Å². The Kier molecular flexibility index (Phi) is 3.97. The highest BCUT2D eigenvalue weighted by molar-refractivity contribution is 6.07. The number of anilines is 1. The molecule has 1 aliphatic heterocycles. The van der Waals surface area contributed by atoms with E-state index in [1.807, 2.05) is 0 Å². The van der Waals surface area contributed by atoms with E-state index in [2.05, 4.69) is 9.89 Å². The maximum absolute atomic E-state index is 11.4. The van der Waals surface area contributed by atoms with Crippen LogP contribution >= 0.6 is 0 Å². The van der Waals surface area contributed by atoms with Crippen molar-refractivity contribution in [3.05, 3.63) is 17.7 Å². The summed E-state index contributed by atoms with van der Waals surface area (Å²) in [7, 11) is 4.36. The molecular formula is C13H16N2O5. The Labute approximate surface area is 116 Å². The number of nitrogen functional groups attached to an aromatic ring is 1. The molecular weight excluding hydrogens is 264 g/mol. The van der Waals surface area contributed by atoms with Gasteiger partial charge in [-0.05, 0) is 6.07 Å². The van der Waals surface area contributed by atoms with E-state index in [1.165, 1.54) is 21.3 Å². The highest BCUT2D eigenvalue weighted by Gasteiger charge is 2.30. The Morgan fingerprint density at radius 3 is 2.55 bits per heavy atom. The molecule has 2 N–H and O–H groups in total. The number of rotatable bonds is 4. The Hall–Kier alpha value is -2.44. The molecule has 0 bridgehead atoms. The van der Waals surface area contributed by atoms with Crippen LogP contribution in [-0.4, -0.2) is 39.1 Å². The first-order valence-corrected chi connectivity index (χ1v) is 5.93. The number of methoxy groups -OCH3 is 3. The summed E-state index contributed by atoms with van der Waals surface area (Å²) in [4.78, 5) is 16.4. The number of ether oxygens (including phenoxy) is 3. The third-order valence-corrected chi connectivity index (χ3v) is 3.00. The standard InChI is InChI=1S/C13H16N2O5/c1-17-10-4-7(8(14)5-11(10)18-2)9-6-12(20-15-9)13(16)19-3/h4-5,12H,6,14H2,1-3H3. The first kappa shape index (κ1) is 14.0. The summed E-state index contributed by atoms with van der Waals surface area (Å²) >= 11 is 0. The molecule has 0 aliphatic carbocycles. The summed E-state index contributed by atoms with van der Waals surface area (Å²) in [6.45, 7) is 0. The van der Waals surface area contributed by atoms with Gasteiger partial charge >= 0.3 is 5.97 Å². The molecule has 0 saturated heterocycles. The number of nitrogens with zero attached hydrogens (tertiary/aromatic N) is 1. The Morgan fingerprint density at radius 1 is 1.30 bits per heavy atom. The van der Waals surface area contributed by atoms with E-state index in [-0.39, 0.29) is 0 Å². The van der Waals surface area contributed by atoms with Gasteiger partial charge in [0.2, 0.25) is 6.10 Å². The molecule has 1 heterocycles. The van der Waals surface area contributed by atoms with Gasteiger partial charge in [0.05, 0.1) is 27.0 Å².